The highest BCUT2D eigenvalue weighted by atomic mass is 16.5. The van der Waals surface area contributed by atoms with Crippen LogP contribution in [0.3, 0.4) is 0 Å². The molecule has 0 bridgehead atoms. The Labute approximate surface area is 160 Å². The average molecular weight is 364 g/mol. The molecule has 0 heterocycles. The topological polar surface area (TPSA) is 79.2 Å². The Balaban J connectivity index is 2.25. The van der Waals surface area contributed by atoms with Gasteiger partial charge < -0.3 is 10.1 Å². The van der Waals surface area contributed by atoms with E-state index in [1.165, 1.54) is 7.11 Å². The summed E-state index contributed by atoms with van der Waals surface area (Å²) >= 11 is 0. The zero-order valence-electron chi connectivity index (χ0n) is 16.1. The first kappa shape index (κ1) is 20.2. The summed E-state index contributed by atoms with van der Waals surface area (Å²) in [5.74, 6) is -0.828. The van der Waals surface area contributed by atoms with E-state index in [2.05, 4.69) is 11.4 Å². The van der Waals surface area contributed by atoms with Crippen LogP contribution in [0.1, 0.15) is 47.8 Å². The Kier molecular flexibility index (Phi) is 6.36. The predicted octanol–water partition coefficient (Wildman–Crippen LogP) is 3.37. The maximum atomic E-state index is 12.9. The molecule has 0 aliphatic carbocycles. The minimum Gasteiger partial charge on any atom is -0.467 e. The number of hydrogen-bond acceptors (Lipinski definition) is 4. The van der Waals surface area contributed by atoms with Crippen molar-refractivity contribution in [1.82, 2.24) is 5.32 Å². The van der Waals surface area contributed by atoms with E-state index < -0.39 is 12.0 Å². The van der Waals surface area contributed by atoms with Crippen LogP contribution in [0.4, 0.5) is 0 Å². The third kappa shape index (κ3) is 5.18. The summed E-state index contributed by atoms with van der Waals surface area (Å²) in [5, 5.41) is 11.7. The number of esters is 1. The number of nitrogens with zero attached hydrogens (tertiary/aromatic N) is 1. The molecule has 27 heavy (non-hydrogen) atoms. The zero-order chi connectivity index (χ0) is 20.0. The van der Waals surface area contributed by atoms with E-state index in [-0.39, 0.29) is 17.7 Å². The summed E-state index contributed by atoms with van der Waals surface area (Å²) in [4.78, 5) is 25.1. The van der Waals surface area contributed by atoms with Gasteiger partial charge in [0, 0.05) is 12.0 Å². The molecule has 5 heteroatoms. The van der Waals surface area contributed by atoms with E-state index in [9.17, 15) is 9.59 Å². The molecule has 0 fully saturated rings. The van der Waals surface area contributed by atoms with Gasteiger partial charge in [-0.05, 0) is 34.7 Å². The molecule has 1 amide bonds. The molecular weight excluding hydrogens is 340 g/mol. The molecule has 5 nitrogen and oxygen atoms in total. The van der Waals surface area contributed by atoms with Gasteiger partial charge in [-0.15, -0.1) is 0 Å². The second-order valence-electron chi connectivity index (χ2n) is 7.36. The number of rotatable bonds is 5. The number of nitrogens with one attached hydrogen (secondary N) is 1. The summed E-state index contributed by atoms with van der Waals surface area (Å²) in [6.07, 6.45) is 0.280. The Morgan fingerprint density at radius 2 is 1.74 bits per heavy atom. The number of amides is 1. The largest absolute Gasteiger partial charge is 0.467 e. The third-order valence-electron chi connectivity index (χ3n) is 4.29. The van der Waals surface area contributed by atoms with Crippen molar-refractivity contribution in [3.8, 4) is 6.07 Å². The molecule has 0 aliphatic rings. The molecule has 0 saturated heterocycles. The van der Waals surface area contributed by atoms with Crippen LogP contribution in [0.15, 0.2) is 48.5 Å². The van der Waals surface area contributed by atoms with Crippen LogP contribution in [-0.2, 0) is 21.4 Å². The van der Waals surface area contributed by atoms with Crippen molar-refractivity contribution < 1.29 is 14.3 Å². The predicted molar refractivity (Wildman–Crippen MR) is 103 cm³/mol. The molecule has 0 aliphatic heterocycles. The summed E-state index contributed by atoms with van der Waals surface area (Å²) in [6.45, 7) is 6.11. The smallest absolute Gasteiger partial charge is 0.328 e. The fraction of sp³-hybridized carbons (Fsp3) is 0.318. The first-order valence-electron chi connectivity index (χ1n) is 8.73. The normalized spacial score (nSPS) is 12.0. The molecule has 140 valence electrons. The molecule has 1 unspecified atom stereocenters. The minimum atomic E-state index is -0.816. The number of ether oxygens (including phenoxy) is 1. The van der Waals surface area contributed by atoms with Crippen LogP contribution in [-0.4, -0.2) is 25.0 Å². The van der Waals surface area contributed by atoms with Crippen molar-refractivity contribution in [2.45, 2.75) is 38.6 Å². The van der Waals surface area contributed by atoms with Gasteiger partial charge in [0.2, 0.25) is 0 Å². The Hall–Kier alpha value is -3.13. The van der Waals surface area contributed by atoms with Gasteiger partial charge in [-0.25, -0.2) is 4.79 Å². The van der Waals surface area contributed by atoms with Crippen LogP contribution in [0.2, 0.25) is 0 Å². The maximum absolute atomic E-state index is 12.9. The van der Waals surface area contributed by atoms with Gasteiger partial charge >= 0.3 is 5.97 Å². The number of carbonyl (C=O) groups is 2. The van der Waals surface area contributed by atoms with E-state index in [1.54, 1.807) is 36.4 Å². The van der Waals surface area contributed by atoms with Crippen molar-refractivity contribution in [2.24, 2.45) is 0 Å². The first-order chi connectivity index (χ1) is 12.8. The highest BCUT2D eigenvalue weighted by molar-refractivity contribution is 5.98. The Bertz CT molecular complexity index is 858. The SMILES string of the molecule is COC(=O)C(Cc1ccc(C#N)cc1)NC(=O)c1ccccc1C(C)(C)C. The standard InChI is InChI=1S/C22H24N2O3/c1-22(2,3)18-8-6-5-7-17(18)20(25)24-19(21(26)27-4)13-15-9-11-16(14-23)12-10-15/h5-12,19H,13H2,1-4H3,(H,24,25). The number of hydrogen-bond donors (Lipinski definition) is 1. The molecule has 2 rings (SSSR count). The van der Waals surface area contributed by atoms with Crippen molar-refractivity contribution in [3.63, 3.8) is 0 Å². The van der Waals surface area contributed by atoms with Crippen molar-refractivity contribution in [3.05, 3.63) is 70.8 Å². The highest BCUT2D eigenvalue weighted by Crippen LogP contribution is 2.25. The van der Waals surface area contributed by atoms with Crippen LogP contribution < -0.4 is 5.32 Å². The quantitative estimate of drug-likeness (QED) is 0.825. The second kappa shape index (κ2) is 8.50. The van der Waals surface area contributed by atoms with E-state index in [1.807, 2.05) is 32.9 Å². The fourth-order valence-corrected chi connectivity index (χ4v) is 2.86. The second-order valence-corrected chi connectivity index (χ2v) is 7.36. The lowest BCUT2D eigenvalue weighted by Crippen LogP contribution is -2.43. The van der Waals surface area contributed by atoms with E-state index in [4.69, 9.17) is 10.00 Å². The summed E-state index contributed by atoms with van der Waals surface area (Å²) in [5.41, 5.74) is 2.61. The minimum absolute atomic E-state index is 0.207. The zero-order valence-corrected chi connectivity index (χ0v) is 16.1. The van der Waals surface area contributed by atoms with Gasteiger partial charge in [-0.2, -0.15) is 5.26 Å². The van der Waals surface area contributed by atoms with Crippen LogP contribution in [0, 0.1) is 11.3 Å². The summed E-state index contributed by atoms with van der Waals surface area (Å²) in [6, 6.07) is 15.5. The molecule has 1 atom stereocenters. The van der Waals surface area contributed by atoms with E-state index in [0.717, 1.165) is 11.1 Å². The highest BCUT2D eigenvalue weighted by Gasteiger charge is 2.26. The van der Waals surface area contributed by atoms with Crippen molar-refractivity contribution >= 4 is 11.9 Å². The lowest BCUT2D eigenvalue weighted by molar-refractivity contribution is -0.142. The fourth-order valence-electron chi connectivity index (χ4n) is 2.86. The molecule has 1 N–H and O–H groups in total. The lowest BCUT2D eigenvalue weighted by atomic mass is 9.83. The lowest BCUT2D eigenvalue weighted by Gasteiger charge is -2.23. The Morgan fingerprint density at radius 1 is 1.11 bits per heavy atom. The maximum Gasteiger partial charge on any atom is 0.328 e. The van der Waals surface area contributed by atoms with Crippen LogP contribution >= 0.6 is 0 Å². The van der Waals surface area contributed by atoms with E-state index in [0.29, 0.717) is 11.1 Å². The molecule has 0 spiro atoms. The van der Waals surface area contributed by atoms with Crippen molar-refractivity contribution in [2.75, 3.05) is 7.11 Å². The average Bonchev–Trinajstić information content (AvgIpc) is 2.66. The van der Waals surface area contributed by atoms with Gasteiger partial charge in [0.15, 0.2) is 0 Å². The third-order valence-corrected chi connectivity index (χ3v) is 4.29. The van der Waals surface area contributed by atoms with Crippen LogP contribution in [0.5, 0.6) is 0 Å². The molecular formula is C22H24N2O3. The molecule has 0 radical (unpaired) electrons. The molecule has 0 saturated carbocycles. The summed E-state index contributed by atoms with van der Waals surface area (Å²) in [7, 11) is 1.30. The van der Waals surface area contributed by atoms with Gasteiger partial charge in [-0.1, -0.05) is 51.1 Å². The number of methoxy groups -OCH3 is 1. The van der Waals surface area contributed by atoms with Crippen molar-refractivity contribution in [1.29, 1.82) is 5.26 Å². The molecule has 2 aromatic carbocycles. The van der Waals surface area contributed by atoms with Gasteiger partial charge in [-0.3, -0.25) is 4.79 Å². The number of nitriles is 1. The number of carbonyl (C=O) groups excluding carboxylic acids is 2. The van der Waals surface area contributed by atoms with Gasteiger partial charge in [0.25, 0.3) is 5.91 Å². The van der Waals surface area contributed by atoms with Gasteiger partial charge in [0.1, 0.15) is 6.04 Å². The number of benzene rings is 2. The van der Waals surface area contributed by atoms with E-state index >= 15 is 0 Å². The van der Waals surface area contributed by atoms with Gasteiger partial charge in [0.05, 0.1) is 18.7 Å². The monoisotopic (exact) mass is 364 g/mol. The van der Waals surface area contributed by atoms with Crippen LogP contribution in [0.25, 0.3) is 0 Å². The summed E-state index contributed by atoms with van der Waals surface area (Å²) < 4.78 is 4.86. The molecule has 0 aromatic heterocycles. The Morgan fingerprint density at radius 3 is 2.30 bits per heavy atom. The molecule has 2 aromatic rings. The first-order valence-corrected chi connectivity index (χ1v) is 8.73.